The van der Waals surface area contributed by atoms with E-state index in [1.165, 1.54) is 6.20 Å². The second-order valence-corrected chi connectivity index (χ2v) is 5.00. The van der Waals surface area contributed by atoms with Gasteiger partial charge in [-0.1, -0.05) is 18.6 Å². The van der Waals surface area contributed by atoms with Gasteiger partial charge >= 0.3 is 12.0 Å². The third-order valence-corrected chi connectivity index (χ3v) is 2.96. The van der Waals surface area contributed by atoms with Gasteiger partial charge in [-0.3, -0.25) is 10.1 Å². The average Bonchev–Trinajstić information content (AvgIpc) is 2.95. The van der Waals surface area contributed by atoms with Crippen molar-refractivity contribution < 1.29 is 19.4 Å². The Labute approximate surface area is 138 Å². The third kappa shape index (κ3) is 5.59. The van der Waals surface area contributed by atoms with Crippen molar-refractivity contribution in [3.8, 4) is 5.75 Å². The summed E-state index contributed by atoms with van der Waals surface area (Å²) >= 11 is 0. The Balaban J connectivity index is 1.83. The molecule has 1 heterocycles. The van der Waals surface area contributed by atoms with E-state index >= 15 is 0 Å². The van der Waals surface area contributed by atoms with Crippen LogP contribution in [0.5, 0.6) is 5.75 Å². The maximum absolute atomic E-state index is 11.9. The number of carboxylic acids is 1. The van der Waals surface area contributed by atoms with Crippen LogP contribution >= 0.6 is 0 Å². The molecule has 0 unspecified atom stereocenters. The number of urea groups is 1. The number of unbranched alkanes of at least 4 members (excludes halogenated alkanes) is 1. The molecule has 0 bridgehead atoms. The van der Waals surface area contributed by atoms with Crippen LogP contribution in [0, 0.1) is 0 Å². The number of hydrogen-bond acceptors (Lipinski definition) is 5. The molecule has 0 atom stereocenters. The SMILES string of the molecule is CCCCOc1ccc(NC(=O)Nc2cn(CC(=O)O)nn2)cc1. The fourth-order valence-corrected chi connectivity index (χ4v) is 1.82. The highest BCUT2D eigenvalue weighted by atomic mass is 16.5. The van der Waals surface area contributed by atoms with E-state index in [0.717, 1.165) is 23.3 Å². The van der Waals surface area contributed by atoms with Gasteiger partial charge in [0.15, 0.2) is 5.82 Å². The van der Waals surface area contributed by atoms with E-state index in [1.807, 2.05) is 0 Å². The smallest absolute Gasteiger partial charge is 0.325 e. The molecule has 9 nitrogen and oxygen atoms in total. The quantitative estimate of drug-likeness (QED) is 0.637. The molecule has 2 rings (SSSR count). The van der Waals surface area contributed by atoms with Gasteiger partial charge in [-0.05, 0) is 30.7 Å². The number of ether oxygens (including phenoxy) is 1. The Morgan fingerprint density at radius 2 is 2.00 bits per heavy atom. The molecule has 0 fully saturated rings. The van der Waals surface area contributed by atoms with Gasteiger partial charge in [0.2, 0.25) is 0 Å². The summed E-state index contributed by atoms with van der Waals surface area (Å²) in [6, 6.07) is 6.49. The van der Waals surface area contributed by atoms with E-state index in [1.54, 1.807) is 24.3 Å². The van der Waals surface area contributed by atoms with E-state index in [2.05, 4.69) is 27.9 Å². The highest BCUT2D eigenvalue weighted by Crippen LogP contribution is 2.16. The zero-order valence-electron chi connectivity index (χ0n) is 13.2. The molecule has 0 aliphatic carbocycles. The molecule has 1 aromatic heterocycles. The fraction of sp³-hybridized carbons (Fsp3) is 0.333. The summed E-state index contributed by atoms with van der Waals surface area (Å²) in [5, 5.41) is 21.0. The number of amides is 2. The van der Waals surface area contributed by atoms with Crippen molar-refractivity contribution in [2.24, 2.45) is 0 Å². The summed E-state index contributed by atoms with van der Waals surface area (Å²) in [7, 11) is 0. The summed E-state index contributed by atoms with van der Waals surface area (Å²) in [6.45, 7) is 2.43. The number of hydrogen-bond donors (Lipinski definition) is 3. The standard InChI is InChI=1S/C15H19N5O4/c1-2-3-8-24-12-6-4-11(5-7-12)16-15(23)17-13-9-20(19-18-13)10-14(21)22/h4-7,9H,2-3,8,10H2,1H3,(H,21,22)(H2,16,17,23). The highest BCUT2D eigenvalue weighted by Gasteiger charge is 2.08. The lowest BCUT2D eigenvalue weighted by atomic mass is 10.3. The van der Waals surface area contributed by atoms with Gasteiger partial charge < -0.3 is 15.2 Å². The van der Waals surface area contributed by atoms with Crippen LogP contribution in [0.2, 0.25) is 0 Å². The first-order valence-electron chi connectivity index (χ1n) is 7.49. The van der Waals surface area contributed by atoms with Gasteiger partial charge in [0.1, 0.15) is 12.3 Å². The van der Waals surface area contributed by atoms with Crippen molar-refractivity contribution in [3.63, 3.8) is 0 Å². The molecule has 2 aromatic rings. The average molecular weight is 333 g/mol. The summed E-state index contributed by atoms with van der Waals surface area (Å²) in [5.74, 6) is -0.142. The summed E-state index contributed by atoms with van der Waals surface area (Å²) < 4.78 is 6.65. The molecular formula is C15H19N5O4. The molecule has 0 spiro atoms. The van der Waals surface area contributed by atoms with Gasteiger partial charge in [0.25, 0.3) is 0 Å². The molecule has 0 saturated carbocycles. The second kappa shape index (κ2) is 8.51. The number of rotatable bonds is 8. The molecule has 0 aliphatic heterocycles. The van der Waals surface area contributed by atoms with Gasteiger partial charge in [0, 0.05) is 5.69 Å². The number of aliphatic carboxylic acids is 1. The molecule has 1 aromatic carbocycles. The van der Waals surface area contributed by atoms with Crippen molar-refractivity contribution >= 4 is 23.5 Å². The zero-order chi connectivity index (χ0) is 17.4. The first-order chi connectivity index (χ1) is 11.6. The van der Waals surface area contributed by atoms with Gasteiger partial charge in [-0.2, -0.15) is 0 Å². The second-order valence-electron chi connectivity index (χ2n) is 5.00. The molecule has 128 valence electrons. The largest absolute Gasteiger partial charge is 0.494 e. The Morgan fingerprint density at radius 3 is 2.67 bits per heavy atom. The van der Waals surface area contributed by atoms with Gasteiger partial charge in [-0.25, -0.2) is 9.48 Å². The van der Waals surface area contributed by atoms with Crippen LogP contribution in [-0.2, 0) is 11.3 Å². The lowest BCUT2D eigenvalue weighted by Gasteiger charge is -2.08. The number of aromatic nitrogens is 3. The molecule has 3 N–H and O–H groups in total. The van der Waals surface area contributed by atoms with Crippen LogP contribution in [0.1, 0.15) is 19.8 Å². The molecule has 0 saturated heterocycles. The zero-order valence-corrected chi connectivity index (χ0v) is 13.2. The minimum Gasteiger partial charge on any atom is -0.494 e. The van der Waals surface area contributed by atoms with Crippen molar-refractivity contribution in [2.75, 3.05) is 17.2 Å². The van der Waals surface area contributed by atoms with E-state index in [-0.39, 0.29) is 12.4 Å². The first kappa shape index (κ1) is 17.3. The molecular weight excluding hydrogens is 314 g/mol. The van der Waals surface area contributed by atoms with Crippen LogP contribution in [0.3, 0.4) is 0 Å². The minimum absolute atomic E-state index is 0.160. The maximum Gasteiger partial charge on any atom is 0.325 e. The fourth-order valence-electron chi connectivity index (χ4n) is 1.82. The summed E-state index contributed by atoms with van der Waals surface area (Å²) in [6.07, 6.45) is 3.39. The third-order valence-electron chi connectivity index (χ3n) is 2.96. The predicted molar refractivity (Wildman–Crippen MR) is 87.1 cm³/mol. The van der Waals surface area contributed by atoms with E-state index in [4.69, 9.17) is 9.84 Å². The first-order valence-corrected chi connectivity index (χ1v) is 7.49. The lowest BCUT2D eigenvalue weighted by Crippen LogP contribution is -2.19. The monoisotopic (exact) mass is 333 g/mol. The number of anilines is 2. The maximum atomic E-state index is 11.9. The number of nitrogens with one attached hydrogen (secondary N) is 2. The number of carbonyl (C=O) groups is 2. The Kier molecular flexibility index (Phi) is 6.12. The van der Waals surface area contributed by atoms with E-state index in [0.29, 0.717) is 12.3 Å². The number of benzene rings is 1. The van der Waals surface area contributed by atoms with Gasteiger partial charge in [-0.15, -0.1) is 5.10 Å². The number of carboxylic acid groups (broad SMARTS) is 1. The highest BCUT2D eigenvalue weighted by molar-refractivity contribution is 5.99. The van der Waals surface area contributed by atoms with Crippen molar-refractivity contribution in [3.05, 3.63) is 30.5 Å². The van der Waals surface area contributed by atoms with Crippen molar-refractivity contribution in [2.45, 2.75) is 26.3 Å². The predicted octanol–water partition coefficient (Wildman–Crippen LogP) is 2.19. The van der Waals surface area contributed by atoms with Crippen LogP contribution in [-0.4, -0.2) is 38.7 Å². The number of nitrogens with zero attached hydrogens (tertiary/aromatic N) is 3. The summed E-state index contributed by atoms with van der Waals surface area (Å²) in [4.78, 5) is 22.4. The molecule has 0 radical (unpaired) electrons. The van der Waals surface area contributed by atoms with Gasteiger partial charge in [0.05, 0.1) is 12.8 Å². The molecule has 9 heteroatoms. The van der Waals surface area contributed by atoms with E-state index in [9.17, 15) is 9.59 Å². The van der Waals surface area contributed by atoms with Crippen LogP contribution in [0.4, 0.5) is 16.3 Å². The van der Waals surface area contributed by atoms with Crippen LogP contribution in [0.15, 0.2) is 30.5 Å². The molecule has 2 amide bonds. The van der Waals surface area contributed by atoms with Crippen LogP contribution in [0.25, 0.3) is 0 Å². The van der Waals surface area contributed by atoms with Crippen molar-refractivity contribution in [1.82, 2.24) is 15.0 Å². The van der Waals surface area contributed by atoms with Crippen LogP contribution < -0.4 is 15.4 Å². The number of carbonyl (C=O) groups excluding carboxylic acids is 1. The Hall–Kier alpha value is -3.10. The lowest BCUT2D eigenvalue weighted by molar-refractivity contribution is -0.137. The Morgan fingerprint density at radius 1 is 1.25 bits per heavy atom. The normalized spacial score (nSPS) is 10.2. The van der Waals surface area contributed by atoms with E-state index < -0.39 is 12.0 Å². The summed E-state index contributed by atoms with van der Waals surface area (Å²) in [5.41, 5.74) is 0.591. The Bertz CT molecular complexity index is 683. The molecule has 24 heavy (non-hydrogen) atoms. The van der Waals surface area contributed by atoms with Crippen molar-refractivity contribution in [1.29, 1.82) is 0 Å². The topological polar surface area (TPSA) is 118 Å². The minimum atomic E-state index is -1.04. The molecule has 0 aliphatic rings.